The number of anilines is 2. The largest absolute Gasteiger partial charge is 0.344 e. The fourth-order valence-corrected chi connectivity index (χ4v) is 4.57. The van der Waals surface area contributed by atoms with E-state index in [2.05, 4.69) is 62.0 Å². The lowest BCUT2D eigenvalue weighted by molar-refractivity contribution is 0.198. The SMILES string of the molecule is C=C(C)Nc1nnc(N2CCN(C(C)c3ccc4c(Cl)ccnc4c3)CC2)s1. The van der Waals surface area contributed by atoms with E-state index in [9.17, 15) is 0 Å². The van der Waals surface area contributed by atoms with Crippen molar-refractivity contribution in [1.82, 2.24) is 20.1 Å². The maximum Gasteiger partial charge on any atom is 0.211 e. The topological polar surface area (TPSA) is 57.2 Å². The van der Waals surface area contributed by atoms with Crippen molar-refractivity contribution in [3.05, 3.63) is 53.3 Å². The van der Waals surface area contributed by atoms with E-state index in [1.165, 1.54) is 5.56 Å². The number of fused-ring (bicyclic) bond motifs is 1. The van der Waals surface area contributed by atoms with E-state index in [0.717, 1.165) is 58.1 Å². The van der Waals surface area contributed by atoms with Crippen LogP contribution in [0, 0.1) is 0 Å². The summed E-state index contributed by atoms with van der Waals surface area (Å²) in [5.74, 6) is 0. The number of nitrogens with one attached hydrogen (secondary N) is 1. The second kappa shape index (κ2) is 8.03. The second-order valence-electron chi connectivity index (χ2n) is 7.06. The standard InChI is InChI=1S/C20H23ClN6S/c1-13(2)23-19-24-25-20(28-19)27-10-8-26(9-11-27)14(3)15-4-5-16-17(21)6-7-22-18(16)12-15/h4-7,12,14H,1,8-11H2,2-3H3,(H,23,24). The van der Waals surface area contributed by atoms with Crippen LogP contribution in [0.15, 0.2) is 42.7 Å². The monoisotopic (exact) mass is 414 g/mol. The van der Waals surface area contributed by atoms with Crippen LogP contribution in [0.5, 0.6) is 0 Å². The van der Waals surface area contributed by atoms with Crippen LogP contribution < -0.4 is 10.2 Å². The van der Waals surface area contributed by atoms with Gasteiger partial charge in [0.15, 0.2) is 0 Å². The van der Waals surface area contributed by atoms with Crippen LogP contribution in [0.3, 0.4) is 0 Å². The summed E-state index contributed by atoms with van der Waals surface area (Å²) in [5, 5.41) is 15.1. The van der Waals surface area contributed by atoms with Gasteiger partial charge < -0.3 is 10.2 Å². The van der Waals surface area contributed by atoms with Crippen molar-refractivity contribution in [3.8, 4) is 0 Å². The van der Waals surface area contributed by atoms with Gasteiger partial charge in [0.25, 0.3) is 0 Å². The van der Waals surface area contributed by atoms with Gasteiger partial charge in [-0.3, -0.25) is 9.88 Å². The van der Waals surface area contributed by atoms with E-state index in [1.807, 2.05) is 13.0 Å². The Hall–Kier alpha value is -2.22. The molecule has 146 valence electrons. The Morgan fingerprint density at radius 3 is 2.75 bits per heavy atom. The molecule has 1 saturated heterocycles. The van der Waals surface area contributed by atoms with E-state index in [1.54, 1.807) is 17.5 Å². The van der Waals surface area contributed by atoms with E-state index >= 15 is 0 Å². The van der Waals surface area contributed by atoms with Crippen LogP contribution in [0.25, 0.3) is 10.9 Å². The molecule has 0 amide bonds. The lowest BCUT2D eigenvalue weighted by Gasteiger charge is -2.38. The number of rotatable bonds is 5. The molecule has 3 aromatic rings. The number of benzene rings is 1. The first-order chi connectivity index (χ1) is 13.5. The molecule has 1 N–H and O–H groups in total. The molecule has 1 aromatic carbocycles. The first kappa shape index (κ1) is 19.1. The normalized spacial score (nSPS) is 16.3. The third-order valence-electron chi connectivity index (χ3n) is 5.06. The summed E-state index contributed by atoms with van der Waals surface area (Å²) >= 11 is 7.84. The minimum absolute atomic E-state index is 0.322. The Bertz CT molecular complexity index is 995. The molecule has 0 spiro atoms. The molecule has 0 bridgehead atoms. The van der Waals surface area contributed by atoms with Crippen molar-refractivity contribution in [3.63, 3.8) is 0 Å². The molecule has 0 saturated carbocycles. The van der Waals surface area contributed by atoms with Crippen LogP contribution in [0.4, 0.5) is 10.3 Å². The average Bonchev–Trinajstić information content (AvgIpc) is 3.15. The number of pyridine rings is 1. The molecule has 1 atom stereocenters. The fourth-order valence-electron chi connectivity index (χ4n) is 3.48. The summed E-state index contributed by atoms with van der Waals surface area (Å²) in [6.45, 7) is 11.8. The summed E-state index contributed by atoms with van der Waals surface area (Å²) in [6, 6.07) is 8.54. The molecule has 1 fully saturated rings. The quantitative estimate of drug-likeness (QED) is 0.660. The number of hydrogen-bond acceptors (Lipinski definition) is 7. The van der Waals surface area contributed by atoms with Crippen molar-refractivity contribution in [2.24, 2.45) is 0 Å². The molecule has 1 unspecified atom stereocenters. The minimum Gasteiger partial charge on any atom is -0.344 e. The van der Waals surface area contributed by atoms with Gasteiger partial charge in [-0.1, -0.05) is 41.6 Å². The van der Waals surface area contributed by atoms with E-state index in [4.69, 9.17) is 11.6 Å². The lowest BCUT2D eigenvalue weighted by Crippen LogP contribution is -2.47. The maximum atomic E-state index is 6.27. The van der Waals surface area contributed by atoms with Crippen molar-refractivity contribution in [2.75, 3.05) is 36.4 Å². The molecule has 6 nitrogen and oxygen atoms in total. The number of piperazine rings is 1. The van der Waals surface area contributed by atoms with Crippen LogP contribution in [0.2, 0.25) is 5.02 Å². The van der Waals surface area contributed by atoms with Crippen LogP contribution >= 0.6 is 22.9 Å². The predicted octanol–water partition coefficient (Wildman–Crippen LogP) is 4.57. The first-order valence-electron chi connectivity index (χ1n) is 9.30. The van der Waals surface area contributed by atoms with Gasteiger partial charge in [-0.15, -0.1) is 10.2 Å². The zero-order valence-corrected chi connectivity index (χ0v) is 17.6. The summed E-state index contributed by atoms with van der Waals surface area (Å²) in [7, 11) is 0. The van der Waals surface area contributed by atoms with Crippen molar-refractivity contribution in [1.29, 1.82) is 0 Å². The Morgan fingerprint density at radius 1 is 1.21 bits per heavy atom. The van der Waals surface area contributed by atoms with Crippen molar-refractivity contribution >= 4 is 44.1 Å². The molecule has 1 aliphatic rings. The van der Waals surface area contributed by atoms with Crippen LogP contribution in [-0.4, -0.2) is 46.3 Å². The average molecular weight is 415 g/mol. The van der Waals surface area contributed by atoms with E-state index < -0.39 is 0 Å². The van der Waals surface area contributed by atoms with Gasteiger partial charge in [0.05, 0.1) is 10.5 Å². The van der Waals surface area contributed by atoms with Crippen molar-refractivity contribution in [2.45, 2.75) is 19.9 Å². The van der Waals surface area contributed by atoms with Crippen molar-refractivity contribution < 1.29 is 0 Å². The highest BCUT2D eigenvalue weighted by atomic mass is 35.5. The molecule has 4 rings (SSSR count). The Balaban J connectivity index is 1.42. The van der Waals surface area contributed by atoms with Crippen LogP contribution in [-0.2, 0) is 0 Å². The number of hydrogen-bond donors (Lipinski definition) is 1. The zero-order chi connectivity index (χ0) is 19.7. The number of halogens is 1. The molecular formula is C20H23ClN6S. The Labute approximate surface area is 173 Å². The highest BCUT2D eigenvalue weighted by Crippen LogP contribution is 2.30. The fraction of sp³-hybridized carbons (Fsp3) is 0.350. The molecule has 28 heavy (non-hydrogen) atoms. The van der Waals surface area contributed by atoms with Gasteiger partial charge in [0, 0.05) is 49.5 Å². The summed E-state index contributed by atoms with van der Waals surface area (Å²) in [6.07, 6.45) is 1.76. The van der Waals surface area contributed by atoms with Gasteiger partial charge in [-0.2, -0.15) is 0 Å². The highest BCUT2D eigenvalue weighted by molar-refractivity contribution is 7.19. The van der Waals surface area contributed by atoms with Gasteiger partial charge in [0.1, 0.15) is 0 Å². The lowest BCUT2D eigenvalue weighted by atomic mass is 10.0. The second-order valence-corrected chi connectivity index (χ2v) is 8.43. The first-order valence-corrected chi connectivity index (χ1v) is 10.5. The summed E-state index contributed by atoms with van der Waals surface area (Å²) in [5.41, 5.74) is 3.08. The predicted molar refractivity (Wildman–Crippen MR) is 117 cm³/mol. The molecule has 0 aliphatic carbocycles. The molecule has 1 aliphatic heterocycles. The van der Waals surface area contributed by atoms with Gasteiger partial charge in [-0.25, -0.2) is 0 Å². The zero-order valence-electron chi connectivity index (χ0n) is 16.0. The van der Waals surface area contributed by atoms with E-state index in [-0.39, 0.29) is 0 Å². The third kappa shape index (κ3) is 3.97. The molecule has 0 radical (unpaired) electrons. The Kier molecular flexibility index (Phi) is 5.48. The van der Waals surface area contributed by atoms with Crippen LogP contribution in [0.1, 0.15) is 25.5 Å². The molecule has 3 heterocycles. The third-order valence-corrected chi connectivity index (χ3v) is 6.29. The van der Waals surface area contributed by atoms with E-state index in [0.29, 0.717) is 6.04 Å². The summed E-state index contributed by atoms with van der Waals surface area (Å²) in [4.78, 5) is 9.26. The minimum atomic E-state index is 0.322. The molecule has 8 heteroatoms. The summed E-state index contributed by atoms with van der Waals surface area (Å²) < 4.78 is 0. The smallest absolute Gasteiger partial charge is 0.211 e. The maximum absolute atomic E-state index is 6.27. The number of allylic oxidation sites excluding steroid dienone is 1. The highest BCUT2D eigenvalue weighted by Gasteiger charge is 2.24. The van der Waals surface area contributed by atoms with Gasteiger partial charge >= 0.3 is 0 Å². The molecular weight excluding hydrogens is 392 g/mol. The Morgan fingerprint density at radius 2 is 2.00 bits per heavy atom. The van der Waals surface area contributed by atoms with Gasteiger partial charge in [-0.05, 0) is 31.5 Å². The molecule has 2 aromatic heterocycles. The number of aromatic nitrogens is 3. The van der Waals surface area contributed by atoms with Gasteiger partial charge in [0.2, 0.25) is 10.3 Å². The number of nitrogens with zero attached hydrogens (tertiary/aromatic N) is 5.